The van der Waals surface area contributed by atoms with Crippen molar-refractivity contribution in [3.05, 3.63) is 12.2 Å². The first kappa shape index (κ1) is 15.7. The van der Waals surface area contributed by atoms with Crippen molar-refractivity contribution in [2.24, 2.45) is 17.8 Å². The van der Waals surface area contributed by atoms with Crippen molar-refractivity contribution in [2.75, 3.05) is 6.61 Å². The van der Waals surface area contributed by atoms with Crippen LogP contribution in [0.3, 0.4) is 0 Å². The van der Waals surface area contributed by atoms with Gasteiger partial charge >= 0.3 is 5.97 Å². The van der Waals surface area contributed by atoms with Gasteiger partial charge in [0.25, 0.3) is 0 Å². The molecule has 1 unspecified atom stereocenters. The molecule has 0 fully saturated rings. The van der Waals surface area contributed by atoms with Crippen LogP contribution in [0.2, 0.25) is 0 Å². The zero-order valence-electron chi connectivity index (χ0n) is 11.5. The lowest BCUT2D eigenvalue weighted by molar-refractivity contribution is -0.147. The number of carbonyl (C=O) groups excluding carboxylic acids is 1. The highest BCUT2D eigenvalue weighted by atomic mass is 16.4. The molecule has 5 heteroatoms. The fraction of sp³-hybridized carbons (Fsp3) is 0.714. The topological polar surface area (TPSA) is 86.6 Å². The lowest BCUT2D eigenvalue weighted by Crippen LogP contribution is -2.45. The minimum absolute atomic E-state index is 0.00998. The molecule has 0 aromatic heterocycles. The minimum atomic E-state index is -0.923. The number of carboxylic acid groups (broad SMARTS) is 1. The number of carboxylic acids is 1. The number of aliphatic hydroxyl groups is 1. The maximum atomic E-state index is 12.2. The second-order valence-corrected chi connectivity index (χ2v) is 5.37. The third-order valence-electron chi connectivity index (χ3n) is 3.66. The van der Waals surface area contributed by atoms with E-state index in [1.54, 1.807) is 0 Å². The van der Waals surface area contributed by atoms with Crippen molar-refractivity contribution in [3.63, 3.8) is 0 Å². The summed E-state index contributed by atoms with van der Waals surface area (Å²) in [5, 5.41) is 21.0. The van der Waals surface area contributed by atoms with Gasteiger partial charge in [-0.1, -0.05) is 26.0 Å². The van der Waals surface area contributed by atoms with Crippen LogP contribution in [0.5, 0.6) is 0 Å². The Balaban J connectivity index is 2.69. The molecule has 0 saturated heterocycles. The molecule has 3 N–H and O–H groups in total. The number of hydrogen-bond acceptors (Lipinski definition) is 3. The van der Waals surface area contributed by atoms with Gasteiger partial charge in [0.15, 0.2) is 0 Å². The van der Waals surface area contributed by atoms with E-state index in [0.29, 0.717) is 19.3 Å². The summed E-state index contributed by atoms with van der Waals surface area (Å²) >= 11 is 0. The Bertz CT molecular complexity index is 351. The molecule has 0 aromatic rings. The van der Waals surface area contributed by atoms with Gasteiger partial charge in [-0.15, -0.1) is 0 Å². The Morgan fingerprint density at radius 2 is 1.84 bits per heavy atom. The van der Waals surface area contributed by atoms with E-state index in [1.165, 1.54) is 0 Å². The fourth-order valence-corrected chi connectivity index (χ4v) is 2.38. The summed E-state index contributed by atoms with van der Waals surface area (Å²) in [6.07, 6.45) is 5.03. The number of nitrogens with one attached hydrogen (secondary N) is 1. The van der Waals surface area contributed by atoms with Crippen LogP contribution in [-0.2, 0) is 9.59 Å². The van der Waals surface area contributed by atoms with Crippen LogP contribution in [0, 0.1) is 17.8 Å². The highest BCUT2D eigenvalue weighted by Gasteiger charge is 2.34. The monoisotopic (exact) mass is 269 g/mol. The molecule has 1 rings (SSSR count). The Kier molecular flexibility index (Phi) is 6.02. The Labute approximate surface area is 113 Å². The van der Waals surface area contributed by atoms with Gasteiger partial charge in [-0.3, -0.25) is 9.59 Å². The van der Waals surface area contributed by atoms with E-state index >= 15 is 0 Å². The standard InChI is InChI=1S/C14H23NO4/c1-9(2)12(7-8-16)15-13(17)10-5-3-4-6-11(10)14(18)19/h3-4,9-12,16H,5-8H2,1-2H3,(H,15,17)(H,18,19)/t10-,11+,12?/m1/s1. The number of carbonyl (C=O) groups is 2. The van der Waals surface area contributed by atoms with Gasteiger partial charge in [-0.25, -0.2) is 0 Å². The number of amides is 1. The van der Waals surface area contributed by atoms with Gasteiger partial charge in [0.05, 0.1) is 11.8 Å². The SMILES string of the molecule is CC(C)C(CCO)NC(=O)[C@@H]1CC=CC[C@@H]1C(=O)O. The molecule has 0 aromatic carbocycles. The summed E-state index contributed by atoms with van der Waals surface area (Å²) in [4.78, 5) is 23.4. The summed E-state index contributed by atoms with van der Waals surface area (Å²) in [5.41, 5.74) is 0. The maximum absolute atomic E-state index is 12.2. The summed E-state index contributed by atoms with van der Waals surface area (Å²) in [6, 6.07) is -0.113. The molecule has 0 radical (unpaired) electrons. The third kappa shape index (κ3) is 4.35. The van der Waals surface area contributed by atoms with Crippen LogP contribution in [0.25, 0.3) is 0 Å². The highest BCUT2D eigenvalue weighted by Crippen LogP contribution is 2.26. The van der Waals surface area contributed by atoms with Gasteiger partial charge in [-0.05, 0) is 25.2 Å². The Morgan fingerprint density at radius 3 is 2.32 bits per heavy atom. The molecule has 0 heterocycles. The average molecular weight is 269 g/mol. The molecule has 1 aliphatic carbocycles. The molecular weight excluding hydrogens is 246 g/mol. The summed E-state index contributed by atoms with van der Waals surface area (Å²) < 4.78 is 0. The van der Waals surface area contributed by atoms with Gasteiger partial charge in [0.2, 0.25) is 5.91 Å². The van der Waals surface area contributed by atoms with E-state index in [-0.39, 0.29) is 24.5 Å². The van der Waals surface area contributed by atoms with Crippen molar-refractivity contribution >= 4 is 11.9 Å². The summed E-state index contributed by atoms with van der Waals surface area (Å²) in [6.45, 7) is 3.95. The van der Waals surface area contributed by atoms with Crippen LogP contribution in [0.15, 0.2) is 12.2 Å². The first-order valence-corrected chi connectivity index (χ1v) is 6.76. The normalized spacial score (nSPS) is 24.2. The third-order valence-corrected chi connectivity index (χ3v) is 3.66. The number of rotatable bonds is 6. The Hall–Kier alpha value is -1.36. The van der Waals surface area contributed by atoms with Crippen LogP contribution >= 0.6 is 0 Å². The van der Waals surface area contributed by atoms with E-state index in [4.69, 9.17) is 10.2 Å². The highest BCUT2D eigenvalue weighted by molar-refractivity contribution is 5.85. The first-order chi connectivity index (χ1) is 8.97. The van der Waals surface area contributed by atoms with Crippen molar-refractivity contribution in [3.8, 4) is 0 Å². The lowest BCUT2D eigenvalue weighted by atomic mass is 9.82. The molecule has 5 nitrogen and oxygen atoms in total. The molecule has 1 amide bonds. The van der Waals surface area contributed by atoms with Crippen molar-refractivity contribution < 1.29 is 19.8 Å². The molecule has 108 valence electrons. The van der Waals surface area contributed by atoms with Gasteiger partial charge < -0.3 is 15.5 Å². The molecule has 1 aliphatic rings. The van der Waals surface area contributed by atoms with Crippen molar-refractivity contribution in [1.29, 1.82) is 0 Å². The predicted octanol–water partition coefficient (Wildman–Crippen LogP) is 1.18. The Morgan fingerprint density at radius 1 is 1.26 bits per heavy atom. The van der Waals surface area contributed by atoms with Crippen LogP contribution in [-0.4, -0.2) is 34.7 Å². The van der Waals surface area contributed by atoms with E-state index < -0.39 is 17.8 Å². The van der Waals surface area contributed by atoms with Crippen molar-refractivity contribution in [1.82, 2.24) is 5.32 Å². The van der Waals surface area contributed by atoms with E-state index in [1.807, 2.05) is 26.0 Å². The van der Waals surface area contributed by atoms with E-state index in [2.05, 4.69) is 5.32 Å². The number of aliphatic carboxylic acids is 1. The van der Waals surface area contributed by atoms with E-state index in [0.717, 1.165) is 0 Å². The summed E-state index contributed by atoms with van der Waals surface area (Å²) in [5.74, 6) is -2.09. The lowest BCUT2D eigenvalue weighted by Gasteiger charge is -2.28. The van der Waals surface area contributed by atoms with Crippen molar-refractivity contribution in [2.45, 2.75) is 39.2 Å². The quantitative estimate of drug-likeness (QED) is 0.632. The average Bonchev–Trinajstić information content (AvgIpc) is 2.37. The minimum Gasteiger partial charge on any atom is -0.481 e. The number of aliphatic hydroxyl groups excluding tert-OH is 1. The number of hydrogen-bond donors (Lipinski definition) is 3. The zero-order chi connectivity index (χ0) is 14.4. The van der Waals surface area contributed by atoms with Crippen LogP contribution in [0.1, 0.15) is 33.1 Å². The second kappa shape index (κ2) is 7.28. The summed E-state index contributed by atoms with van der Waals surface area (Å²) in [7, 11) is 0. The zero-order valence-corrected chi connectivity index (χ0v) is 11.5. The maximum Gasteiger partial charge on any atom is 0.307 e. The van der Waals surface area contributed by atoms with Gasteiger partial charge in [0.1, 0.15) is 0 Å². The van der Waals surface area contributed by atoms with Gasteiger partial charge in [-0.2, -0.15) is 0 Å². The molecule has 3 atom stereocenters. The molecule has 0 aliphatic heterocycles. The predicted molar refractivity (Wildman–Crippen MR) is 71.5 cm³/mol. The fourth-order valence-electron chi connectivity index (χ4n) is 2.38. The smallest absolute Gasteiger partial charge is 0.307 e. The molecule has 0 saturated carbocycles. The largest absolute Gasteiger partial charge is 0.481 e. The molecule has 0 spiro atoms. The van der Waals surface area contributed by atoms with Gasteiger partial charge in [0, 0.05) is 12.6 Å². The molecule has 0 bridgehead atoms. The molecule has 19 heavy (non-hydrogen) atoms. The second-order valence-electron chi connectivity index (χ2n) is 5.37. The number of allylic oxidation sites excluding steroid dienone is 2. The van der Waals surface area contributed by atoms with Crippen LogP contribution < -0.4 is 5.32 Å². The first-order valence-electron chi connectivity index (χ1n) is 6.76. The molecular formula is C14H23NO4. The van der Waals surface area contributed by atoms with Crippen LogP contribution in [0.4, 0.5) is 0 Å². The van der Waals surface area contributed by atoms with E-state index in [9.17, 15) is 9.59 Å².